The van der Waals surface area contributed by atoms with E-state index in [1.165, 1.54) is 19.3 Å². The molecule has 2 aromatic heterocycles. The summed E-state index contributed by atoms with van der Waals surface area (Å²) in [4.78, 5) is 34.4. The van der Waals surface area contributed by atoms with Gasteiger partial charge >= 0.3 is 0 Å². The lowest BCUT2D eigenvalue weighted by Gasteiger charge is -2.37. The number of hydrogen-bond acceptors (Lipinski definition) is 7. The van der Waals surface area contributed by atoms with E-state index in [4.69, 9.17) is 4.98 Å². The number of fused-ring (bicyclic) bond motifs is 1. The van der Waals surface area contributed by atoms with Gasteiger partial charge in [0.25, 0.3) is 5.91 Å². The molecule has 0 bridgehead atoms. The van der Waals surface area contributed by atoms with Crippen LogP contribution >= 0.6 is 0 Å². The molecule has 1 aliphatic carbocycles. The molecule has 1 aliphatic heterocycles. The van der Waals surface area contributed by atoms with E-state index in [0.29, 0.717) is 23.7 Å². The smallest absolute Gasteiger partial charge is 0.253 e. The van der Waals surface area contributed by atoms with Crippen molar-refractivity contribution < 1.29 is 4.79 Å². The van der Waals surface area contributed by atoms with Crippen LogP contribution in [0, 0.1) is 6.92 Å². The fourth-order valence-corrected chi connectivity index (χ4v) is 5.12. The van der Waals surface area contributed by atoms with Gasteiger partial charge in [0.05, 0.1) is 6.33 Å². The first kappa shape index (κ1) is 23.5. The second-order valence-electron chi connectivity index (χ2n) is 10.1. The average molecular weight is 477 g/mol. The summed E-state index contributed by atoms with van der Waals surface area (Å²) in [5.41, 5.74) is 4.03. The van der Waals surface area contributed by atoms with Crippen molar-refractivity contribution in [3.8, 4) is 0 Å². The monoisotopic (exact) mass is 476 g/mol. The maximum Gasteiger partial charge on any atom is 0.253 e. The minimum Gasteiger partial charge on any atom is -0.365 e. The molecule has 35 heavy (non-hydrogen) atoms. The number of carbonyl (C=O) groups is 1. The second-order valence-corrected chi connectivity index (χ2v) is 10.1. The van der Waals surface area contributed by atoms with Crippen LogP contribution < -0.4 is 10.6 Å². The maximum atomic E-state index is 13.1. The molecule has 1 aromatic carbocycles. The lowest BCUT2D eigenvalue weighted by molar-refractivity contribution is 0.0595. The summed E-state index contributed by atoms with van der Waals surface area (Å²) in [6.07, 6.45) is 7.77. The summed E-state index contributed by atoms with van der Waals surface area (Å²) in [6.45, 7) is 9.79. The number of nitrogens with zero attached hydrogens (tertiary/aromatic N) is 5. The zero-order chi connectivity index (χ0) is 24.4. The third-order valence-corrected chi connectivity index (χ3v) is 7.28. The highest BCUT2D eigenvalue weighted by molar-refractivity contribution is 5.95. The number of hydrogen-bond donors (Lipinski definition) is 3. The van der Waals surface area contributed by atoms with E-state index in [-0.39, 0.29) is 5.91 Å². The molecule has 1 saturated carbocycles. The summed E-state index contributed by atoms with van der Waals surface area (Å²) in [5.74, 6) is 1.37. The van der Waals surface area contributed by atoms with Crippen molar-refractivity contribution in [3.05, 3.63) is 35.7 Å². The van der Waals surface area contributed by atoms with E-state index >= 15 is 0 Å². The number of carbonyl (C=O) groups excluding carboxylic acids is 1. The lowest BCUT2D eigenvalue weighted by atomic mass is 9.95. The summed E-state index contributed by atoms with van der Waals surface area (Å²) in [7, 11) is 0. The SMILES string of the molecule is Cc1cc(C(=O)N2CCN(C(C)C)CC2)ccc1Nc1nc(NC2CCCCC2)c2[nH]cnc2n1. The standard InChI is InChI=1S/C26H36N8O/c1-17(2)33-11-13-34(14-12-33)25(35)19-9-10-21(18(3)15-19)30-26-31-23-22(27-16-28-23)24(32-26)29-20-7-5-4-6-8-20/h9-10,15-17,20H,4-8,11-14H2,1-3H3,(H3,27,28,29,30,31,32). The molecule has 9 nitrogen and oxygen atoms in total. The number of imidazole rings is 1. The first-order chi connectivity index (χ1) is 17.0. The Hall–Kier alpha value is -3.20. The van der Waals surface area contributed by atoms with Gasteiger partial charge in [-0.05, 0) is 57.4 Å². The van der Waals surface area contributed by atoms with Crippen LogP contribution in [0.1, 0.15) is 61.9 Å². The molecule has 1 amide bonds. The molecule has 3 N–H and O–H groups in total. The molecule has 0 spiro atoms. The Morgan fingerprint density at radius 3 is 2.57 bits per heavy atom. The molecule has 0 unspecified atom stereocenters. The zero-order valence-electron chi connectivity index (χ0n) is 21.0. The average Bonchev–Trinajstić information content (AvgIpc) is 3.35. The van der Waals surface area contributed by atoms with Gasteiger partial charge in [0.2, 0.25) is 5.95 Å². The first-order valence-corrected chi connectivity index (χ1v) is 12.9. The molecular formula is C26H36N8O. The van der Waals surface area contributed by atoms with Gasteiger partial charge in [0.1, 0.15) is 5.52 Å². The summed E-state index contributed by atoms with van der Waals surface area (Å²) < 4.78 is 0. The van der Waals surface area contributed by atoms with Crippen LogP contribution in [0.5, 0.6) is 0 Å². The van der Waals surface area contributed by atoms with Crippen LogP contribution in [-0.4, -0.2) is 73.9 Å². The molecule has 3 aromatic rings. The van der Waals surface area contributed by atoms with Crippen molar-refractivity contribution in [2.75, 3.05) is 36.8 Å². The summed E-state index contributed by atoms with van der Waals surface area (Å²) >= 11 is 0. The van der Waals surface area contributed by atoms with Gasteiger partial charge in [0.15, 0.2) is 11.5 Å². The van der Waals surface area contributed by atoms with E-state index in [1.54, 1.807) is 6.33 Å². The zero-order valence-corrected chi connectivity index (χ0v) is 21.0. The van der Waals surface area contributed by atoms with E-state index in [2.05, 4.69) is 44.3 Å². The largest absolute Gasteiger partial charge is 0.365 e. The lowest BCUT2D eigenvalue weighted by Crippen LogP contribution is -2.50. The quantitative estimate of drug-likeness (QED) is 0.487. The normalized spacial score (nSPS) is 17.8. The first-order valence-electron chi connectivity index (χ1n) is 12.9. The second kappa shape index (κ2) is 10.2. The third kappa shape index (κ3) is 5.24. The van der Waals surface area contributed by atoms with E-state index < -0.39 is 0 Å². The van der Waals surface area contributed by atoms with Gasteiger partial charge in [-0.3, -0.25) is 9.69 Å². The number of aryl methyl sites for hydroxylation is 1. The number of aromatic nitrogens is 4. The molecule has 2 aliphatic rings. The van der Waals surface area contributed by atoms with Crippen molar-refractivity contribution in [1.29, 1.82) is 0 Å². The highest BCUT2D eigenvalue weighted by Gasteiger charge is 2.24. The number of amides is 1. The molecule has 9 heteroatoms. The van der Waals surface area contributed by atoms with Crippen LogP contribution in [0.15, 0.2) is 24.5 Å². The minimum atomic E-state index is 0.0937. The fraction of sp³-hybridized carbons (Fsp3) is 0.538. The molecule has 1 saturated heterocycles. The molecule has 0 radical (unpaired) electrons. The number of H-pyrrole nitrogens is 1. The van der Waals surface area contributed by atoms with Gasteiger partial charge in [-0.2, -0.15) is 9.97 Å². The van der Waals surface area contributed by atoms with Crippen molar-refractivity contribution in [1.82, 2.24) is 29.7 Å². The number of benzene rings is 1. The highest BCUT2D eigenvalue weighted by atomic mass is 16.2. The number of aromatic amines is 1. The maximum absolute atomic E-state index is 13.1. The summed E-state index contributed by atoms with van der Waals surface area (Å²) in [5, 5.41) is 6.95. The van der Waals surface area contributed by atoms with E-state index in [0.717, 1.165) is 67.2 Å². The van der Waals surface area contributed by atoms with Crippen LogP contribution in [0.3, 0.4) is 0 Å². The highest BCUT2D eigenvalue weighted by Crippen LogP contribution is 2.27. The van der Waals surface area contributed by atoms with Crippen molar-refractivity contribution >= 4 is 34.5 Å². The predicted molar refractivity (Wildman–Crippen MR) is 139 cm³/mol. The Balaban J connectivity index is 1.30. The summed E-state index contributed by atoms with van der Waals surface area (Å²) in [6, 6.07) is 6.72. The predicted octanol–water partition coefficient (Wildman–Crippen LogP) is 4.32. The van der Waals surface area contributed by atoms with Crippen LogP contribution in [0.25, 0.3) is 11.2 Å². The van der Waals surface area contributed by atoms with Crippen LogP contribution in [0.2, 0.25) is 0 Å². The van der Waals surface area contributed by atoms with Crippen LogP contribution in [-0.2, 0) is 0 Å². The van der Waals surface area contributed by atoms with Gasteiger partial charge in [-0.15, -0.1) is 0 Å². The molecule has 186 valence electrons. The number of nitrogens with one attached hydrogen (secondary N) is 3. The van der Waals surface area contributed by atoms with Crippen molar-refractivity contribution in [2.45, 2.75) is 65.0 Å². The topological polar surface area (TPSA) is 102 Å². The van der Waals surface area contributed by atoms with Crippen LogP contribution in [0.4, 0.5) is 17.5 Å². The minimum absolute atomic E-state index is 0.0937. The van der Waals surface area contributed by atoms with Gasteiger partial charge in [0, 0.05) is 49.5 Å². The molecule has 5 rings (SSSR count). The van der Waals surface area contributed by atoms with Crippen molar-refractivity contribution in [3.63, 3.8) is 0 Å². The van der Waals surface area contributed by atoms with Gasteiger partial charge in [-0.1, -0.05) is 19.3 Å². The molecule has 3 heterocycles. The molecular weight excluding hydrogens is 440 g/mol. The van der Waals surface area contributed by atoms with Gasteiger partial charge < -0.3 is 20.5 Å². The Morgan fingerprint density at radius 2 is 1.86 bits per heavy atom. The van der Waals surface area contributed by atoms with Crippen molar-refractivity contribution in [2.24, 2.45) is 0 Å². The fourth-order valence-electron chi connectivity index (χ4n) is 5.12. The number of rotatable bonds is 6. The Morgan fingerprint density at radius 1 is 1.09 bits per heavy atom. The Kier molecular flexibility index (Phi) is 6.86. The van der Waals surface area contributed by atoms with E-state index in [9.17, 15) is 4.79 Å². The van der Waals surface area contributed by atoms with E-state index in [1.807, 2.05) is 30.0 Å². The Bertz CT molecular complexity index is 1180. The molecule has 0 atom stereocenters. The van der Waals surface area contributed by atoms with Gasteiger partial charge in [-0.25, -0.2) is 4.98 Å². The number of anilines is 3. The number of piperazine rings is 1. The molecule has 2 fully saturated rings. The Labute approximate surface area is 206 Å². The third-order valence-electron chi connectivity index (χ3n) is 7.28.